The summed E-state index contributed by atoms with van der Waals surface area (Å²) < 4.78 is 4.92. The molecule has 0 aliphatic carbocycles. The summed E-state index contributed by atoms with van der Waals surface area (Å²) in [6, 6.07) is 16.1. The second kappa shape index (κ2) is 9.90. The van der Waals surface area contributed by atoms with Crippen LogP contribution in [-0.2, 0) is 14.3 Å². The zero-order valence-electron chi connectivity index (χ0n) is 15.8. The van der Waals surface area contributed by atoms with Gasteiger partial charge in [-0.05, 0) is 42.7 Å². The lowest BCUT2D eigenvalue weighted by atomic mass is 10.1. The molecule has 0 bridgehead atoms. The predicted molar refractivity (Wildman–Crippen MR) is 108 cm³/mol. The Balaban J connectivity index is 1.47. The topological polar surface area (TPSA) is 78.9 Å². The maximum absolute atomic E-state index is 12.0. The summed E-state index contributed by atoms with van der Waals surface area (Å²) >= 11 is 0. The van der Waals surface area contributed by atoms with E-state index in [0.29, 0.717) is 11.3 Å². The van der Waals surface area contributed by atoms with Crippen LogP contribution < -0.4 is 10.2 Å². The standard InChI is InChI=1S/C22H26N2O4/c25-20(16-28-22(27)21(26)17-8-4-3-5-9-17)23-18-10-12-19(13-11-18)24-14-6-1-2-7-15-24/h3-5,8-13,21,26H,1-2,6-7,14-16H2,(H,23,25)/t21-/m1/s1. The van der Waals surface area contributed by atoms with Gasteiger partial charge in [0.25, 0.3) is 5.91 Å². The van der Waals surface area contributed by atoms with Gasteiger partial charge < -0.3 is 20.1 Å². The fourth-order valence-electron chi connectivity index (χ4n) is 3.27. The van der Waals surface area contributed by atoms with Crippen LogP contribution in [0.25, 0.3) is 0 Å². The van der Waals surface area contributed by atoms with Crippen LogP contribution in [0.1, 0.15) is 37.4 Å². The van der Waals surface area contributed by atoms with Gasteiger partial charge in [-0.3, -0.25) is 4.79 Å². The third-order valence-electron chi connectivity index (χ3n) is 4.81. The number of esters is 1. The van der Waals surface area contributed by atoms with Gasteiger partial charge in [0.2, 0.25) is 0 Å². The Labute approximate surface area is 165 Å². The van der Waals surface area contributed by atoms with Crippen LogP contribution in [0, 0.1) is 0 Å². The van der Waals surface area contributed by atoms with E-state index in [9.17, 15) is 14.7 Å². The SMILES string of the molecule is O=C(COC(=O)[C@H](O)c1ccccc1)Nc1ccc(N2CCCCCC2)cc1. The molecule has 0 radical (unpaired) electrons. The molecule has 1 aliphatic rings. The highest BCUT2D eigenvalue weighted by molar-refractivity contribution is 5.93. The Morgan fingerprint density at radius 1 is 0.964 bits per heavy atom. The fraction of sp³-hybridized carbons (Fsp3) is 0.364. The van der Waals surface area contributed by atoms with E-state index in [1.54, 1.807) is 30.3 Å². The number of carbonyl (C=O) groups is 2. The molecule has 2 aromatic carbocycles. The number of anilines is 2. The molecule has 1 fully saturated rings. The van der Waals surface area contributed by atoms with E-state index in [4.69, 9.17) is 4.74 Å². The Morgan fingerprint density at radius 2 is 1.61 bits per heavy atom. The number of nitrogens with one attached hydrogen (secondary N) is 1. The number of rotatable bonds is 6. The van der Waals surface area contributed by atoms with Crippen molar-refractivity contribution in [3.8, 4) is 0 Å². The zero-order valence-corrected chi connectivity index (χ0v) is 15.8. The predicted octanol–water partition coefficient (Wildman–Crippen LogP) is 3.28. The molecule has 0 spiro atoms. The molecule has 0 unspecified atom stereocenters. The van der Waals surface area contributed by atoms with E-state index in [2.05, 4.69) is 10.2 Å². The van der Waals surface area contributed by atoms with Crippen LogP contribution in [0.4, 0.5) is 11.4 Å². The lowest BCUT2D eigenvalue weighted by molar-refractivity contribution is -0.156. The summed E-state index contributed by atoms with van der Waals surface area (Å²) in [4.78, 5) is 26.3. The van der Waals surface area contributed by atoms with E-state index in [0.717, 1.165) is 18.8 Å². The summed E-state index contributed by atoms with van der Waals surface area (Å²) in [5.74, 6) is -1.30. The van der Waals surface area contributed by atoms with Crippen molar-refractivity contribution in [2.24, 2.45) is 0 Å². The molecular formula is C22H26N2O4. The number of aliphatic hydroxyl groups is 1. The van der Waals surface area contributed by atoms with Gasteiger partial charge >= 0.3 is 5.97 Å². The summed E-state index contributed by atoms with van der Waals surface area (Å²) in [5.41, 5.74) is 2.22. The number of aliphatic hydroxyl groups excluding tert-OH is 1. The molecule has 0 aromatic heterocycles. The number of amides is 1. The molecule has 2 N–H and O–H groups in total. The molecule has 6 heteroatoms. The van der Waals surface area contributed by atoms with E-state index >= 15 is 0 Å². The van der Waals surface area contributed by atoms with Crippen LogP contribution in [0.15, 0.2) is 54.6 Å². The van der Waals surface area contributed by atoms with E-state index in [-0.39, 0.29) is 0 Å². The lowest BCUT2D eigenvalue weighted by Crippen LogP contribution is -2.24. The Kier molecular flexibility index (Phi) is 7.03. The van der Waals surface area contributed by atoms with Gasteiger partial charge in [0.1, 0.15) is 0 Å². The minimum atomic E-state index is -1.40. The van der Waals surface area contributed by atoms with Gasteiger partial charge in [-0.25, -0.2) is 4.79 Å². The maximum Gasteiger partial charge on any atom is 0.340 e. The fourth-order valence-corrected chi connectivity index (χ4v) is 3.27. The third kappa shape index (κ3) is 5.57. The van der Waals surface area contributed by atoms with Crippen molar-refractivity contribution in [3.63, 3.8) is 0 Å². The lowest BCUT2D eigenvalue weighted by Gasteiger charge is -2.22. The number of carbonyl (C=O) groups excluding carboxylic acids is 2. The number of nitrogens with zero attached hydrogens (tertiary/aromatic N) is 1. The molecule has 1 saturated heterocycles. The highest BCUT2D eigenvalue weighted by Crippen LogP contribution is 2.21. The zero-order chi connectivity index (χ0) is 19.8. The highest BCUT2D eigenvalue weighted by Gasteiger charge is 2.19. The van der Waals surface area contributed by atoms with Crippen LogP contribution in [-0.4, -0.2) is 36.7 Å². The highest BCUT2D eigenvalue weighted by atomic mass is 16.5. The third-order valence-corrected chi connectivity index (χ3v) is 4.81. The normalized spacial score (nSPS) is 15.4. The first-order valence-corrected chi connectivity index (χ1v) is 9.68. The maximum atomic E-state index is 12.0. The van der Waals surface area contributed by atoms with Gasteiger partial charge in [0, 0.05) is 24.5 Å². The number of benzene rings is 2. The Hall–Kier alpha value is -2.86. The molecule has 1 amide bonds. The average Bonchev–Trinajstić information content (AvgIpc) is 3.02. The second-order valence-corrected chi connectivity index (χ2v) is 6.92. The van der Waals surface area contributed by atoms with Gasteiger partial charge in [-0.1, -0.05) is 43.2 Å². The molecule has 1 atom stereocenters. The molecule has 0 saturated carbocycles. The summed E-state index contributed by atoms with van der Waals surface area (Å²) in [6.45, 7) is 1.67. The van der Waals surface area contributed by atoms with Gasteiger partial charge in [-0.2, -0.15) is 0 Å². The molecule has 28 heavy (non-hydrogen) atoms. The number of ether oxygens (including phenoxy) is 1. The minimum Gasteiger partial charge on any atom is -0.453 e. The van der Waals surface area contributed by atoms with Crippen molar-refractivity contribution in [2.75, 3.05) is 29.9 Å². The monoisotopic (exact) mass is 382 g/mol. The largest absolute Gasteiger partial charge is 0.453 e. The van der Waals surface area contributed by atoms with Crippen molar-refractivity contribution in [1.82, 2.24) is 0 Å². The van der Waals surface area contributed by atoms with Crippen molar-refractivity contribution in [1.29, 1.82) is 0 Å². The Bertz CT molecular complexity index is 769. The number of hydrogen-bond acceptors (Lipinski definition) is 5. The van der Waals surface area contributed by atoms with Crippen LogP contribution in [0.5, 0.6) is 0 Å². The van der Waals surface area contributed by atoms with Crippen molar-refractivity contribution >= 4 is 23.3 Å². The van der Waals surface area contributed by atoms with Crippen molar-refractivity contribution in [2.45, 2.75) is 31.8 Å². The first-order valence-electron chi connectivity index (χ1n) is 9.68. The molecule has 2 aromatic rings. The summed E-state index contributed by atoms with van der Waals surface area (Å²) in [7, 11) is 0. The molecule has 3 rings (SSSR count). The molecule has 6 nitrogen and oxygen atoms in total. The van der Waals surface area contributed by atoms with Crippen LogP contribution in [0.2, 0.25) is 0 Å². The minimum absolute atomic E-state index is 0.428. The van der Waals surface area contributed by atoms with E-state index < -0.39 is 24.6 Å². The van der Waals surface area contributed by atoms with Crippen molar-refractivity contribution < 1.29 is 19.4 Å². The second-order valence-electron chi connectivity index (χ2n) is 6.92. The first kappa shape index (κ1) is 19.9. The van der Waals surface area contributed by atoms with Crippen LogP contribution >= 0.6 is 0 Å². The summed E-state index contributed by atoms with van der Waals surface area (Å²) in [5, 5.41) is 12.7. The van der Waals surface area contributed by atoms with Gasteiger partial charge in [0.15, 0.2) is 12.7 Å². The summed E-state index contributed by atoms with van der Waals surface area (Å²) in [6.07, 6.45) is 3.57. The quantitative estimate of drug-likeness (QED) is 0.750. The van der Waals surface area contributed by atoms with Crippen LogP contribution in [0.3, 0.4) is 0 Å². The molecule has 1 heterocycles. The smallest absolute Gasteiger partial charge is 0.340 e. The molecular weight excluding hydrogens is 356 g/mol. The molecule has 148 valence electrons. The van der Waals surface area contributed by atoms with Crippen molar-refractivity contribution in [3.05, 3.63) is 60.2 Å². The Morgan fingerprint density at radius 3 is 2.25 bits per heavy atom. The first-order chi connectivity index (χ1) is 13.6. The average molecular weight is 382 g/mol. The van der Waals surface area contributed by atoms with E-state index in [1.807, 2.05) is 24.3 Å². The van der Waals surface area contributed by atoms with E-state index in [1.165, 1.54) is 25.7 Å². The molecule has 1 aliphatic heterocycles. The number of hydrogen-bond donors (Lipinski definition) is 2. The van der Waals surface area contributed by atoms with Gasteiger partial charge in [0.05, 0.1) is 0 Å². The van der Waals surface area contributed by atoms with Gasteiger partial charge in [-0.15, -0.1) is 0 Å².